The summed E-state index contributed by atoms with van der Waals surface area (Å²) in [4.78, 5) is 9.47. The molecule has 0 spiro atoms. The predicted molar refractivity (Wildman–Crippen MR) is 144 cm³/mol. The number of aliphatic imine (C=N–C) groups is 2. The molecule has 170 valence electrons. The van der Waals surface area contributed by atoms with Gasteiger partial charge in [0, 0.05) is 23.6 Å². The third-order valence-electron chi connectivity index (χ3n) is 6.23. The molecule has 0 atom stereocenters. The average Bonchev–Trinajstić information content (AvgIpc) is 3.34. The first-order chi connectivity index (χ1) is 17.2. The number of nitrogens with one attached hydrogen (secondary N) is 2. The van der Waals surface area contributed by atoms with E-state index in [1.54, 1.807) is 24.6 Å². The van der Waals surface area contributed by atoms with Crippen LogP contribution in [0.15, 0.2) is 94.9 Å². The van der Waals surface area contributed by atoms with Crippen LogP contribution in [0, 0.1) is 0 Å². The SMILES string of the molecule is Oc1ccc2ccccc2c1C=Nc1cc2c(cc1N=Cc1c(O)ccc3ccccc13)NCN2. The van der Waals surface area contributed by atoms with Gasteiger partial charge >= 0.3 is 0 Å². The van der Waals surface area contributed by atoms with E-state index in [2.05, 4.69) is 10.6 Å². The maximum absolute atomic E-state index is 10.5. The molecule has 0 saturated carbocycles. The highest BCUT2D eigenvalue weighted by Gasteiger charge is 2.14. The molecule has 0 amide bonds. The highest BCUT2D eigenvalue weighted by atomic mass is 16.3. The second kappa shape index (κ2) is 8.50. The summed E-state index contributed by atoms with van der Waals surface area (Å²) in [6.07, 6.45) is 3.35. The van der Waals surface area contributed by atoms with Crippen LogP contribution in [0.4, 0.5) is 22.7 Å². The molecule has 0 aromatic heterocycles. The van der Waals surface area contributed by atoms with Crippen molar-refractivity contribution in [1.82, 2.24) is 0 Å². The van der Waals surface area contributed by atoms with Gasteiger partial charge in [0.2, 0.25) is 0 Å². The first kappa shape index (κ1) is 20.7. The lowest BCUT2D eigenvalue weighted by molar-refractivity contribution is 0.475. The van der Waals surface area contributed by atoms with Crippen LogP contribution in [0.2, 0.25) is 0 Å². The van der Waals surface area contributed by atoms with Gasteiger partial charge in [-0.3, -0.25) is 9.98 Å². The Hall–Kier alpha value is -4.84. The average molecular weight is 459 g/mol. The van der Waals surface area contributed by atoms with Gasteiger partial charge in [-0.2, -0.15) is 0 Å². The zero-order valence-electron chi connectivity index (χ0n) is 18.7. The molecule has 0 bridgehead atoms. The first-order valence-electron chi connectivity index (χ1n) is 11.3. The predicted octanol–water partition coefficient (Wildman–Crippen LogP) is 6.70. The monoisotopic (exact) mass is 458 g/mol. The van der Waals surface area contributed by atoms with E-state index in [1.807, 2.05) is 72.8 Å². The maximum atomic E-state index is 10.5. The van der Waals surface area contributed by atoms with Crippen LogP contribution in [0.3, 0.4) is 0 Å². The fourth-order valence-corrected chi connectivity index (χ4v) is 4.42. The number of rotatable bonds is 4. The van der Waals surface area contributed by atoms with Crippen molar-refractivity contribution >= 4 is 56.7 Å². The molecule has 1 heterocycles. The van der Waals surface area contributed by atoms with Gasteiger partial charge in [-0.05, 0) is 45.8 Å². The van der Waals surface area contributed by atoms with Gasteiger partial charge in [0.25, 0.3) is 0 Å². The number of phenolic OH excluding ortho intramolecular Hbond substituents is 2. The fraction of sp³-hybridized carbons (Fsp3) is 0.0345. The summed E-state index contributed by atoms with van der Waals surface area (Å²) >= 11 is 0. The Morgan fingerprint density at radius 1 is 0.600 bits per heavy atom. The molecule has 35 heavy (non-hydrogen) atoms. The minimum absolute atomic E-state index is 0.166. The Morgan fingerprint density at radius 2 is 1.06 bits per heavy atom. The number of aromatic hydroxyl groups is 2. The quantitative estimate of drug-likeness (QED) is 0.226. The number of anilines is 2. The van der Waals surface area contributed by atoms with Crippen molar-refractivity contribution in [3.8, 4) is 11.5 Å². The summed E-state index contributed by atoms with van der Waals surface area (Å²) in [7, 11) is 0. The van der Waals surface area contributed by atoms with Crippen LogP contribution >= 0.6 is 0 Å². The Morgan fingerprint density at radius 3 is 1.54 bits per heavy atom. The van der Waals surface area contributed by atoms with Crippen molar-refractivity contribution in [3.63, 3.8) is 0 Å². The van der Waals surface area contributed by atoms with E-state index >= 15 is 0 Å². The highest BCUT2D eigenvalue weighted by Crippen LogP contribution is 2.39. The van der Waals surface area contributed by atoms with Crippen molar-refractivity contribution in [2.75, 3.05) is 17.3 Å². The molecule has 4 N–H and O–H groups in total. The van der Waals surface area contributed by atoms with E-state index in [4.69, 9.17) is 9.98 Å². The minimum atomic E-state index is 0.166. The number of hydrogen-bond donors (Lipinski definition) is 4. The smallest absolute Gasteiger partial charge is 0.124 e. The van der Waals surface area contributed by atoms with Crippen molar-refractivity contribution < 1.29 is 10.2 Å². The first-order valence-corrected chi connectivity index (χ1v) is 11.3. The molecule has 1 aliphatic rings. The van der Waals surface area contributed by atoms with Crippen LogP contribution in [-0.4, -0.2) is 29.3 Å². The number of hydrogen-bond acceptors (Lipinski definition) is 6. The van der Waals surface area contributed by atoms with Crippen molar-refractivity contribution in [3.05, 3.63) is 96.1 Å². The number of phenols is 2. The normalized spacial score (nSPS) is 12.9. The van der Waals surface area contributed by atoms with Gasteiger partial charge in [-0.25, -0.2) is 0 Å². The standard InChI is InChI=1S/C29H22N4O2/c34-28-11-9-18-5-1-3-7-20(18)22(28)15-30-24-13-26-27(33-17-32-26)14-25(24)31-16-23-21-8-4-2-6-19(21)10-12-29(23)35/h1-16,32-35H,17H2. The van der Waals surface area contributed by atoms with Gasteiger partial charge in [0.05, 0.1) is 29.4 Å². The van der Waals surface area contributed by atoms with Gasteiger partial charge in [0.1, 0.15) is 11.5 Å². The lowest BCUT2D eigenvalue weighted by Gasteiger charge is -2.08. The second-order valence-electron chi connectivity index (χ2n) is 8.37. The zero-order chi connectivity index (χ0) is 23.8. The Labute approximate surface area is 201 Å². The van der Waals surface area contributed by atoms with Crippen molar-refractivity contribution in [1.29, 1.82) is 0 Å². The van der Waals surface area contributed by atoms with Crippen molar-refractivity contribution in [2.45, 2.75) is 0 Å². The van der Waals surface area contributed by atoms with Crippen molar-refractivity contribution in [2.24, 2.45) is 9.98 Å². The molecule has 1 aliphatic heterocycles. The molecule has 0 fully saturated rings. The second-order valence-corrected chi connectivity index (χ2v) is 8.37. The van der Waals surface area contributed by atoms with Gasteiger partial charge in [0.15, 0.2) is 0 Å². The summed E-state index contributed by atoms with van der Waals surface area (Å²) in [6, 6.07) is 26.8. The van der Waals surface area contributed by atoms with Gasteiger partial charge < -0.3 is 20.8 Å². The van der Waals surface area contributed by atoms with Crippen LogP contribution in [0.1, 0.15) is 11.1 Å². The largest absolute Gasteiger partial charge is 0.507 e. The van der Waals surface area contributed by atoms with Crippen LogP contribution < -0.4 is 10.6 Å². The molecular formula is C29H22N4O2. The van der Waals surface area contributed by atoms with E-state index in [1.165, 1.54) is 0 Å². The van der Waals surface area contributed by atoms with E-state index in [-0.39, 0.29) is 11.5 Å². The Balaban J connectivity index is 1.46. The third kappa shape index (κ3) is 3.81. The number of fused-ring (bicyclic) bond motifs is 3. The molecule has 0 unspecified atom stereocenters. The summed E-state index contributed by atoms with van der Waals surface area (Å²) < 4.78 is 0. The van der Waals surface area contributed by atoms with Crippen LogP contribution in [0.25, 0.3) is 21.5 Å². The highest BCUT2D eigenvalue weighted by molar-refractivity contribution is 6.05. The topological polar surface area (TPSA) is 89.2 Å². The van der Waals surface area contributed by atoms with E-state index in [0.29, 0.717) is 29.2 Å². The zero-order valence-corrected chi connectivity index (χ0v) is 18.7. The molecule has 0 radical (unpaired) electrons. The molecule has 6 heteroatoms. The van der Waals surface area contributed by atoms with Gasteiger partial charge in [-0.15, -0.1) is 0 Å². The molecule has 6 nitrogen and oxygen atoms in total. The molecule has 6 rings (SSSR count). The van der Waals surface area contributed by atoms with Crippen LogP contribution in [0.5, 0.6) is 11.5 Å². The molecule has 0 aliphatic carbocycles. The molecule has 5 aromatic carbocycles. The number of benzene rings is 5. The molecule has 0 saturated heterocycles. The fourth-order valence-electron chi connectivity index (χ4n) is 4.42. The minimum Gasteiger partial charge on any atom is -0.507 e. The summed E-state index contributed by atoms with van der Waals surface area (Å²) in [6.45, 7) is 0.625. The summed E-state index contributed by atoms with van der Waals surface area (Å²) in [5, 5.41) is 31.5. The van der Waals surface area contributed by atoms with E-state index < -0.39 is 0 Å². The van der Waals surface area contributed by atoms with E-state index in [9.17, 15) is 10.2 Å². The molecule has 5 aromatic rings. The Kier molecular flexibility index (Phi) is 5.04. The van der Waals surface area contributed by atoms with E-state index in [0.717, 1.165) is 32.9 Å². The third-order valence-corrected chi connectivity index (χ3v) is 6.23. The lowest BCUT2D eigenvalue weighted by Crippen LogP contribution is -1.98. The summed E-state index contributed by atoms with van der Waals surface area (Å²) in [5.74, 6) is 0.332. The Bertz CT molecular complexity index is 1530. The van der Waals surface area contributed by atoms with Gasteiger partial charge in [-0.1, -0.05) is 60.7 Å². The van der Waals surface area contributed by atoms with Crippen LogP contribution in [-0.2, 0) is 0 Å². The number of nitrogens with zero attached hydrogens (tertiary/aromatic N) is 2. The maximum Gasteiger partial charge on any atom is 0.124 e. The summed E-state index contributed by atoms with van der Waals surface area (Å²) in [5.41, 5.74) is 4.46. The molecular weight excluding hydrogens is 436 g/mol. The lowest BCUT2D eigenvalue weighted by atomic mass is 10.0.